The fourth-order valence-corrected chi connectivity index (χ4v) is 3.40. The molecule has 0 spiro atoms. The number of benzene rings is 3. The van der Waals surface area contributed by atoms with Crippen LogP contribution in [0.3, 0.4) is 0 Å². The van der Waals surface area contributed by atoms with E-state index < -0.39 is 0 Å². The Labute approximate surface area is 192 Å². The van der Waals surface area contributed by atoms with Crippen molar-refractivity contribution in [2.24, 2.45) is 0 Å². The van der Waals surface area contributed by atoms with Crippen molar-refractivity contribution in [3.63, 3.8) is 0 Å². The maximum Gasteiger partial charge on any atom is 0.255 e. The molecule has 0 aliphatic carbocycles. The first-order valence-electron chi connectivity index (χ1n) is 10.4. The molecule has 0 saturated heterocycles. The molecule has 1 heterocycles. The second-order valence-corrected chi connectivity index (χ2v) is 7.27. The van der Waals surface area contributed by atoms with Crippen molar-refractivity contribution in [3.05, 3.63) is 90.5 Å². The fraction of sp³-hybridized carbons (Fsp3) is 0.111. The minimum Gasteiger partial charge on any atom is -0.497 e. The molecule has 6 heteroatoms. The van der Waals surface area contributed by atoms with Crippen LogP contribution in [-0.4, -0.2) is 32.2 Å². The average molecular weight is 440 g/mol. The summed E-state index contributed by atoms with van der Waals surface area (Å²) in [6.07, 6.45) is 0. The van der Waals surface area contributed by atoms with Gasteiger partial charge in [-0.15, -0.1) is 0 Å². The number of hydrogen-bond donors (Lipinski definition) is 1. The highest BCUT2D eigenvalue weighted by Gasteiger charge is 2.11. The van der Waals surface area contributed by atoms with Crippen LogP contribution in [0, 0.1) is 0 Å². The van der Waals surface area contributed by atoms with Crippen LogP contribution in [0.4, 0.5) is 5.69 Å². The third-order valence-electron chi connectivity index (χ3n) is 5.17. The van der Waals surface area contributed by atoms with Crippen LogP contribution >= 0.6 is 0 Å². The van der Waals surface area contributed by atoms with Gasteiger partial charge in [-0.05, 0) is 48.5 Å². The average Bonchev–Trinajstić information content (AvgIpc) is 2.88. The highest BCUT2D eigenvalue weighted by atomic mass is 16.5. The van der Waals surface area contributed by atoms with Crippen LogP contribution in [0.5, 0.6) is 17.2 Å². The minimum atomic E-state index is -0.252. The Morgan fingerprint density at radius 2 is 1.27 bits per heavy atom. The number of amides is 1. The standard InChI is InChI=1S/C27H24N2O4/c1-31-22-7-4-6-19(14-22)26-9-5-8-25(29-26)18-10-12-21(13-11-18)28-27(30)20-15-23(32-2)17-24(16-20)33-3/h4-17H,1-3H3,(H,28,30). The van der Waals surface area contributed by atoms with Gasteiger partial charge >= 0.3 is 0 Å². The quantitative estimate of drug-likeness (QED) is 0.400. The Morgan fingerprint density at radius 1 is 0.667 bits per heavy atom. The van der Waals surface area contributed by atoms with E-state index in [2.05, 4.69) is 5.32 Å². The van der Waals surface area contributed by atoms with E-state index in [1.165, 1.54) is 0 Å². The molecule has 0 atom stereocenters. The molecule has 0 saturated carbocycles. The lowest BCUT2D eigenvalue weighted by atomic mass is 10.1. The molecule has 4 rings (SSSR count). The van der Waals surface area contributed by atoms with Gasteiger partial charge in [0.05, 0.1) is 32.7 Å². The van der Waals surface area contributed by atoms with Crippen LogP contribution in [0.15, 0.2) is 84.9 Å². The molecule has 0 bridgehead atoms. The van der Waals surface area contributed by atoms with Gasteiger partial charge in [-0.2, -0.15) is 0 Å². The summed E-state index contributed by atoms with van der Waals surface area (Å²) in [5, 5.41) is 2.91. The van der Waals surface area contributed by atoms with Crippen molar-refractivity contribution in [3.8, 4) is 39.8 Å². The number of rotatable bonds is 7. The van der Waals surface area contributed by atoms with E-state index >= 15 is 0 Å². The summed E-state index contributed by atoms with van der Waals surface area (Å²) < 4.78 is 15.8. The zero-order valence-electron chi connectivity index (χ0n) is 18.7. The van der Waals surface area contributed by atoms with Gasteiger partial charge in [0, 0.05) is 28.4 Å². The molecular formula is C27H24N2O4. The van der Waals surface area contributed by atoms with E-state index in [9.17, 15) is 4.79 Å². The molecule has 6 nitrogen and oxygen atoms in total. The third kappa shape index (κ3) is 5.13. The second-order valence-electron chi connectivity index (χ2n) is 7.27. The molecule has 1 N–H and O–H groups in total. The monoisotopic (exact) mass is 440 g/mol. The van der Waals surface area contributed by atoms with E-state index in [4.69, 9.17) is 19.2 Å². The highest BCUT2D eigenvalue weighted by Crippen LogP contribution is 2.27. The first kappa shape index (κ1) is 21.9. The van der Waals surface area contributed by atoms with Gasteiger partial charge in [-0.25, -0.2) is 4.98 Å². The lowest BCUT2D eigenvalue weighted by molar-refractivity contribution is 0.102. The number of anilines is 1. The number of pyridine rings is 1. The molecular weight excluding hydrogens is 416 g/mol. The Bertz CT molecular complexity index is 1250. The van der Waals surface area contributed by atoms with Gasteiger partial charge in [-0.3, -0.25) is 4.79 Å². The number of hydrogen-bond acceptors (Lipinski definition) is 5. The van der Waals surface area contributed by atoms with E-state index in [0.717, 1.165) is 28.3 Å². The van der Waals surface area contributed by atoms with Crippen LogP contribution in [0.2, 0.25) is 0 Å². The van der Waals surface area contributed by atoms with Crippen LogP contribution < -0.4 is 19.5 Å². The van der Waals surface area contributed by atoms with E-state index in [-0.39, 0.29) is 5.91 Å². The normalized spacial score (nSPS) is 10.4. The summed E-state index contributed by atoms with van der Waals surface area (Å²) in [5.74, 6) is 1.64. The van der Waals surface area contributed by atoms with Gasteiger partial charge in [0.1, 0.15) is 17.2 Å². The second kappa shape index (κ2) is 9.87. The van der Waals surface area contributed by atoms with Crippen LogP contribution in [0.1, 0.15) is 10.4 Å². The molecule has 1 aromatic heterocycles. The van der Waals surface area contributed by atoms with Gasteiger partial charge in [0.25, 0.3) is 5.91 Å². The number of aromatic nitrogens is 1. The van der Waals surface area contributed by atoms with Crippen molar-refractivity contribution in [1.29, 1.82) is 0 Å². The molecule has 1 amide bonds. The van der Waals surface area contributed by atoms with Crippen molar-refractivity contribution in [2.45, 2.75) is 0 Å². The van der Waals surface area contributed by atoms with E-state index in [1.54, 1.807) is 39.5 Å². The zero-order valence-corrected chi connectivity index (χ0v) is 18.7. The summed E-state index contributed by atoms with van der Waals surface area (Å²) in [7, 11) is 4.74. The largest absolute Gasteiger partial charge is 0.497 e. The number of carbonyl (C=O) groups is 1. The molecule has 4 aromatic rings. The topological polar surface area (TPSA) is 69.7 Å². The Balaban J connectivity index is 1.52. The number of methoxy groups -OCH3 is 3. The summed E-state index contributed by atoms with van der Waals surface area (Å²) in [5.41, 5.74) is 4.74. The smallest absolute Gasteiger partial charge is 0.255 e. The SMILES string of the molecule is COc1cc(OC)cc(C(=O)Nc2ccc(-c3cccc(-c4cccc(OC)c4)n3)cc2)c1. The first-order valence-corrected chi connectivity index (χ1v) is 10.4. The minimum absolute atomic E-state index is 0.252. The molecule has 0 radical (unpaired) electrons. The van der Waals surface area contributed by atoms with Crippen molar-refractivity contribution in [1.82, 2.24) is 4.98 Å². The molecule has 3 aromatic carbocycles. The molecule has 33 heavy (non-hydrogen) atoms. The lowest BCUT2D eigenvalue weighted by Crippen LogP contribution is -2.12. The summed E-state index contributed by atoms with van der Waals surface area (Å²) in [4.78, 5) is 17.5. The van der Waals surface area contributed by atoms with Gasteiger partial charge in [0.2, 0.25) is 0 Å². The lowest BCUT2D eigenvalue weighted by Gasteiger charge is -2.10. The number of nitrogens with one attached hydrogen (secondary N) is 1. The summed E-state index contributed by atoms with van der Waals surface area (Å²) in [6.45, 7) is 0. The van der Waals surface area contributed by atoms with Crippen molar-refractivity contribution < 1.29 is 19.0 Å². The van der Waals surface area contributed by atoms with Gasteiger partial charge < -0.3 is 19.5 Å². The number of ether oxygens (including phenoxy) is 3. The fourth-order valence-electron chi connectivity index (χ4n) is 3.40. The predicted molar refractivity (Wildman–Crippen MR) is 129 cm³/mol. The Morgan fingerprint density at radius 3 is 1.91 bits per heavy atom. The highest BCUT2D eigenvalue weighted by molar-refractivity contribution is 6.04. The molecule has 166 valence electrons. The summed E-state index contributed by atoms with van der Waals surface area (Å²) in [6, 6.07) is 26.3. The maximum atomic E-state index is 12.7. The summed E-state index contributed by atoms with van der Waals surface area (Å²) >= 11 is 0. The van der Waals surface area contributed by atoms with Gasteiger partial charge in [-0.1, -0.05) is 30.3 Å². The third-order valence-corrected chi connectivity index (χ3v) is 5.17. The van der Waals surface area contributed by atoms with Crippen LogP contribution in [-0.2, 0) is 0 Å². The van der Waals surface area contributed by atoms with Crippen molar-refractivity contribution in [2.75, 3.05) is 26.6 Å². The molecule has 0 aliphatic rings. The maximum absolute atomic E-state index is 12.7. The first-order chi connectivity index (χ1) is 16.1. The number of carbonyl (C=O) groups excluding carboxylic acids is 1. The molecule has 0 unspecified atom stereocenters. The molecule has 0 aliphatic heterocycles. The van der Waals surface area contributed by atoms with E-state index in [0.29, 0.717) is 22.7 Å². The Hall–Kier alpha value is -4.32. The van der Waals surface area contributed by atoms with E-state index in [1.807, 2.05) is 66.7 Å². The number of nitrogens with zero attached hydrogens (tertiary/aromatic N) is 1. The van der Waals surface area contributed by atoms with Crippen LogP contribution in [0.25, 0.3) is 22.5 Å². The Kier molecular flexibility index (Phi) is 6.55. The zero-order chi connectivity index (χ0) is 23.2. The van der Waals surface area contributed by atoms with Crippen molar-refractivity contribution >= 4 is 11.6 Å². The van der Waals surface area contributed by atoms with Gasteiger partial charge in [0.15, 0.2) is 0 Å². The predicted octanol–water partition coefficient (Wildman–Crippen LogP) is 5.69. The molecule has 0 fully saturated rings.